The maximum Gasteiger partial charge on any atom is 0.219 e. The number of piperazine rings is 1. The van der Waals surface area contributed by atoms with Crippen LogP contribution < -0.4 is 5.73 Å². The number of hydrogen-bond acceptors (Lipinski definition) is 5. The van der Waals surface area contributed by atoms with Crippen LogP contribution in [0.2, 0.25) is 0 Å². The molecule has 1 aromatic carbocycles. The molecule has 1 saturated heterocycles. The van der Waals surface area contributed by atoms with Gasteiger partial charge in [-0.1, -0.05) is 0 Å². The second-order valence-electron chi connectivity index (χ2n) is 5.20. The molecule has 6 nitrogen and oxygen atoms in total. The van der Waals surface area contributed by atoms with Crippen molar-refractivity contribution in [1.29, 1.82) is 0 Å². The minimum absolute atomic E-state index is 0.145. The number of carbonyl (C=O) groups excluding carboxylic acids is 1. The highest BCUT2D eigenvalue weighted by atomic mass is 16.3. The van der Waals surface area contributed by atoms with E-state index in [9.17, 15) is 9.90 Å². The van der Waals surface area contributed by atoms with Gasteiger partial charge in [0.25, 0.3) is 0 Å². The second-order valence-corrected chi connectivity index (χ2v) is 5.20. The van der Waals surface area contributed by atoms with E-state index in [-0.39, 0.29) is 11.7 Å². The van der Waals surface area contributed by atoms with Gasteiger partial charge in [0.05, 0.1) is 6.54 Å². The Kier molecular flexibility index (Phi) is 5.16. The lowest BCUT2D eigenvalue weighted by Crippen LogP contribution is -2.48. The number of aliphatic imine (C=N–C) groups is 1. The summed E-state index contributed by atoms with van der Waals surface area (Å²) in [5.74, 6) is 0.332. The summed E-state index contributed by atoms with van der Waals surface area (Å²) in [5, 5.41) is 9.41. The van der Waals surface area contributed by atoms with Crippen molar-refractivity contribution < 1.29 is 9.90 Å². The number of anilines is 1. The molecule has 0 aromatic heterocycles. The van der Waals surface area contributed by atoms with E-state index in [4.69, 9.17) is 5.73 Å². The van der Waals surface area contributed by atoms with Crippen molar-refractivity contribution in [3.63, 3.8) is 0 Å². The predicted molar refractivity (Wildman–Crippen MR) is 83.7 cm³/mol. The second kappa shape index (κ2) is 7.08. The molecule has 0 radical (unpaired) electrons. The first-order valence-electron chi connectivity index (χ1n) is 7.12. The number of nitrogens with two attached hydrogens (primary N) is 1. The van der Waals surface area contributed by atoms with Crippen LogP contribution in [-0.4, -0.2) is 66.3 Å². The fraction of sp³-hybridized carbons (Fsp3) is 0.467. The SMILES string of the molecule is CC(=O)N1CCN(CCN=Cc2cc(O)ccc2N)CC1. The van der Waals surface area contributed by atoms with Crippen molar-refractivity contribution in [2.45, 2.75) is 6.92 Å². The van der Waals surface area contributed by atoms with E-state index in [1.165, 1.54) is 0 Å². The Hall–Kier alpha value is -2.08. The van der Waals surface area contributed by atoms with Gasteiger partial charge >= 0.3 is 0 Å². The molecule has 114 valence electrons. The van der Waals surface area contributed by atoms with Crippen LogP contribution >= 0.6 is 0 Å². The van der Waals surface area contributed by atoms with Crippen LogP contribution in [0.15, 0.2) is 23.2 Å². The summed E-state index contributed by atoms with van der Waals surface area (Å²) in [5.41, 5.74) is 7.14. The lowest BCUT2D eigenvalue weighted by atomic mass is 10.2. The van der Waals surface area contributed by atoms with E-state index in [2.05, 4.69) is 9.89 Å². The molecule has 2 rings (SSSR count). The molecule has 3 N–H and O–H groups in total. The zero-order valence-corrected chi connectivity index (χ0v) is 12.3. The van der Waals surface area contributed by atoms with E-state index in [0.717, 1.165) is 38.3 Å². The molecule has 1 aromatic rings. The Morgan fingerprint density at radius 2 is 2.10 bits per heavy atom. The van der Waals surface area contributed by atoms with Gasteiger partial charge in [-0.2, -0.15) is 0 Å². The smallest absolute Gasteiger partial charge is 0.219 e. The van der Waals surface area contributed by atoms with Gasteiger partial charge in [-0.05, 0) is 18.2 Å². The largest absolute Gasteiger partial charge is 0.508 e. The molecule has 6 heteroatoms. The first kappa shape index (κ1) is 15.3. The Bertz CT molecular complexity index is 522. The van der Waals surface area contributed by atoms with Crippen LogP contribution in [0.4, 0.5) is 5.69 Å². The number of phenolic OH excluding ortho intramolecular Hbond substituents is 1. The third-order valence-electron chi connectivity index (χ3n) is 3.66. The Labute approximate surface area is 124 Å². The minimum atomic E-state index is 0.145. The zero-order valence-electron chi connectivity index (χ0n) is 12.3. The fourth-order valence-electron chi connectivity index (χ4n) is 2.32. The third kappa shape index (κ3) is 4.46. The van der Waals surface area contributed by atoms with Crippen LogP contribution in [0.1, 0.15) is 12.5 Å². The number of hydrogen-bond donors (Lipinski definition) is 2. The molecular weight excluding hydrogens is 268 g/mol. The summed E-state index contributed by atoms with van der Waals surface area (Å²) < 4.78 is 0. The molecule has 1 heterocycles. The maximum atomic E-state index is 11.2. The minimum Gasteiger partial charge on any atom is -0.508 e. The highest BCUT2D eigenvalue weighted by Gasteiger charge is 2.17. The number of amides is 1. The van der Waals surface area contributed by atoms with Crippen LogP contribution in [0, 0.1) is 0 Å². The van der Waals surface area contributed by atoms with Gasteiger partial charge in [0.1, 0.15) is 5.75 Å². The summed E-state index contributed by atoms with van der Waals surface area (Å²) in [6.45, 7) is 6.51. The Morgan fingerprint density at radius 1 is 1.38 bits per heavy atom. The van der Waals surface area contributed by atoms with Crippen molar-refractivity contribution in [2.75, 3.05) is 45.0 Å². The molecule has 0 aliphatic carbocycles. The zero-order chi connectivity index (χ0) is 15.2. The molecule has 1 fully saturated rings. The molecule has 0 bridgehead atoms. The van der Waals surface area contributed by atoms with Crippen LogP contribution in [0.25, 0.3) is 0 Å². The van der Waals surface area contributed by atoms with E-state index in [1.807, 2.05) is 4.90 Å². The van der Waals surface area contributed by atoms with Gasteiger partial charge in [0.2, 0.25) is 5.91 Å². The molecule has 0 spiro atoms. The summed E-state index contributed by atoms with van der Waals surface area (Å²) in [4.78, 5) is 19.7. The quantitative estimate of drug-likeness (QED) is 0.482. The van der Waals surface area contributed by atoms with Crippen LogP contribution in [0.3, 0.4) is 0 Å². The summed E-state index contributed by atoms with van der Waals surface area (Å²) >= 11 is 0. The Morgan fingerprint density at radius 3 is 2.76 bits per heavy atom. The van der Waals surface area contributed by atoms with Gasteiger partial charge in [-0.15, -0.1) is 0 Å². The van der Waals surface area contributed by atoms with Gasteiger partial charge in [-0.25, -0.2) is 0 Å². The lowest BCUT2D eigenvalue weighted by Gasteiger charge is -2.33. The third-order valence-corrected chi connectivity index (χ3v) is 3.66. The van der Waals surface area contributed by atoms with Crippen molar-refractivity contribution in [1.82, 2.24) is 9.80 Å². The highest BCUT2D eigenvalue weighted by Crippen LogP contribution is 2.16. The molecular formula is C15H22N4O2. The summed E-state index contributed by atoms with van der Waals surface area (Å²) in [6.07, 6.45) is 1.70. The molecule has 0 saturated carbocycles. The van der Waals surface area contributed by atoms with Gasteiger partial charge in [0, 0.05) is 57.1 Å². The number of benzene rings is 1. The molecule has 21 heavy (non-hydrogen) atoms. The highest BCUT2D eigenvalue weighted by molar-refractivity contribution is 5.87. The molecule has 1 amide bonds. The molecule has 1 aliphatic heterocycles. The lowest BCUT2D eigenvalue weighted by molar-refractivity contribution is -0.130. The molecule has 0 atom stereocenters. The molecule has 0 unspecified atom stereocenters. The monoisotopic (exact) mass is 290 g/mol. The van der Waals surface area contributed by atoms with E-state index in [0.29, 0.717) is 12.2 Å². The first-order valence-corrected chi connectivity index (χ1v) is 7.12. The van der Waals surface area contributed by atoms with E-state index in [1.54, 1.807) is 31.3 Å². The number of carbonyl (C=O) groups is 1. The van der Waals surface area contributed by atoms with Crippen LogP contribution in [-0.2, 0) is 4.79 Å². The number of rotatable bonds is 4. The first-order chi connectivity index (χ1) is 10.1. The fourth-order valence-corrected chi connectivity index (χ4v) is 2.32. The number of aromatic hydroxyl groups is 1. The number of phenols is 1. The van der Waals surface area contributed by atoms with Gasteiger partial charge in [-0.3, -0.25) is 14.7 Å². The van der Waals surface area contributed by atoms with Gasteiger partial charge in [0.15, 0.2) is 0 Å². The topological polar surface area (TPSA) is 82.2 Å². The number of nitrogens with zero attached hydrogens (tertiary/aromatic N) is 3. The Balaban J connectivity index is 1.76. The number of nitrogen functional groups attached to an aromatic ring is 1. The summed E-state index contributed by atoms with van der Waals surface area (Å²) in [6, 6.07) is 4.82. The maximum absolute atomic E-state index is 11.2. The average Bonchev–Trinajstić information content (AvgIpc) is 2.47. The standard InChI is InChI=1S/C15H22N4O2/c1-12(20)19-8-6-18(7-9-19)5-4-17-11-13-10-14(21)2-3-15(13)16/h2-3,10-11,21H,4-9,16H2,1H3. The van der Waals surface area contributed by atoms with E-state index >= 15 is 0 Å². The van der Waals surface area contributed by atoms with Crippen LogP contribution in [0.5, 0.6) is 5.75 Å². The molecule has 1 aliphatic rings. The van der Waals surface area contributed by atoms with Crippen molar-refractivity contribution in [3.05, 3.63) is 23.8 Å². The predicted octanol–water partition coefficient (Wildman–Crippen LogP) is 0.557. The van der Waals surface area contributed by atoms with Crippen molar-refractivity contribution in [2.24, 2.45) is 4.99 Å². The normalized spacial score (nSPS) is 16.5. The summed E-state index contributed by atoms with van der Waals surface area (Å²) in [7, 11) is 0. The van der Waals surface area contributed by atoms with Crippen molar-refractivity contribution >= 4 is 17.8 Å². The van der Waals surface area contributed by atoms with Gasteiger partial charge < -0.3 is 15.7 Å². The average molecular weight is 290 g/mol. The van der Waals surface area contributed by atoms with E-state index < -0.39 is 0 Å². The van der Waals surface area contributed by atoms with Crippen molar-refractivity contribution in [3.8, 4) is 5.75 Å².